The van der Waals surface area contributed by atoms with Crippen molar-refractivity contribution < 1.29 is 28.9 Å². The highest BCUT2D eigenvalue weighted by Crippen LogP contribution is 2.29. The summed E-state index contributed by atoms with van der Waals surface area (Å²) in [7, 11) is 0. The number of nitrogens with one attached hydrogen (secondary N) is 2. The smallest absolute Gasteiger partial charge is 0.269 e. The van der Waals surface area contributed by atoms with Crippen LogP contribution in [-0.4, -0.2) is 33.9 Å². The van der Waals surface area contributed by atoms with Crippen LogP contribution in [0, 0.1) is 34.1 Å². The van der Waals surface area contributed by atoms with E-state index in [1.807, 2.05) is 38.1 Å². The first-order chi connectivity index (χ1) is 20.9. The van der Waals surface area contributed by atoms with E-state index in [0.29, 0.717) is 22.9 Å². The lowest BCUT2D eigenvalue weighted by atomic mass is 9.99. The van der Waals surface area contributed by atoms with E-state index in [2.05, 4.69) is 10.6 Å². The van der Waals surface area contributed by atoms with Crippen molar-refractivity contribution in [1.82, 2.24) is 0 Å². The number of non-ortho nitro benzene ring substituents is 2. The fraction of sp³-hybridized carbons (Fsp3) is 0.188. The number of nitro groups is 2. The zero-order valence-corrected chi connectivity index (χ0v) is 24.4. The fourth-order valence-corrected chi connectivity index (χ4v) is 4.24. The van der Waals surface area contributed by atoms with Crippen LogP contribution in [-0.2, 0) is 9.59 Å². The first kappa shape index (κ1) is 31.2. The molecule has 12 nitrogen and oxygen atoms in total. The minimum absolute atomic E-state index is 0.0687. The maximum absolute atomic E-state index is 12.7. The highest BCUT2D eigenvalue weighted by Gasteiger charge is 2.18. The van der Waals surface area contributed by atoms with Crippen molar-refractivity contribution in [3.05, 3.63) is 116 Å². The summed E-state index contributed by atoms with van der Waals surface area (Å²) in [4.78, 5) is 46.1. The SMILES string of the molecule is Cc1cc(-c2ccc(NC(=O)C(C)Oc3ccc([N+](=O)[O-])cc3)c(C)c2)ccc1NC(=O)C(C)Oc1ccc([N+](=O)[O-])cc1. The number of nitro benzene ring substituents is 2. The third kappa shape index (κ3) is 7.73. The third-order valence-electron chi connectivity index (χ3n) is 6.76. The van der Waals surface area contributed by atoms with Gasteiger partial charge in [-0.25, -0.2) is 0 Å². The quantitative estimate of drug-likeness (QED) is 0.144. The summed E-state index contributed by atoms with van der Waals surface area (Å²) in [6.07, 6.45) is -1.69. The molecule has 0 radical (unpaired) electrons. The van der Waals surface area contributed by atoms with Gasteiger partial charge >= 0.3 is 0 Å². The molecule has 4 aromatic rings. The van der Waals surface area contributed by atoms with E-state index >= 15 is 0 Å². The molecule has 2 amide bonds. The highest BCUT2D eigenvalue weighted by molar-refractivity contribution is 5.96. The Hall–Kier alpha value is -5.78. The van der Waals surface area contributed by atoms with E-state index < -0.39 is 22.1 Å². The van der Waals surface area contributed by atoms with Gasteiger partial charge in [0, 0.05) is 35.6 Å². The van der Waals surface area contributed by atoms with Crippen LogP contribution in [0.2, 0.25) is 0 Å². The molecule has 0 spiro atoms. The average molecular weight is 599 g/mol. The van der Waals surface area contributed by atoms with Crippen LogP contribution in [0.3, 0.4) is 0 Å². The van der Waals surface area contributed by atoms with Crippen molar-refractivity contribution in [3.8, 4) is 22.6 Å². The average Bonchev–Trinajstić information content (AvgIpc) is 2.99. The first-order valence-electron chi connectivity index (χ1n) is 13.6. The molecule has 0 fully saturated rings. The van der Waals surface area contributed by atoms with Crippen LogP contribution in [0.15, 0.2) is 84.9 Å². The van der Waals surface area contributed by atoms with Gasteiger partial charge in [-0.3, -0.25) is 29.8 Å². The lowest BCUT2D eigenvalue weighted by Gasteiger charge is -2.17. The molecule has 0 bridgehead atoms. The molecule has 226 valence electrons. The molecule has 44 heavy (non-hydrogen) atoms. The lowest BCUT2D eigenvalue weighted by molar-refractivity contribution is -0.385. The molecule has 4 rings (SSSR count). The van der Waals surface area contributed by atoms with Gasteiger partial charge in [-0.05, 0) is 98.5 Å². The standard InChI is InChI=1S/C32H30N4O8/c1-19-17-23(5-15-29(19)33-31(37)21(3)43-27-11-7-25(8-12-27)35(39)40)24-6-16-30(20(2)18-24)34-32(38)22(4)44-28-13-9-26(10-14-28)36(41)42/h5-18,21-22H,1-4H3,(H,33,37)(H,34,38). The Kier molecular flexibility index (Phi) is 9.54. The van der Waals surface area contributed by atoms with Gasteiger partial charge in [-0.1, -0.05) is 12.1 Å². The minimum atomic E-state index is -0.844. The highest BCUT2D eigenvalue weighted by atomic mass is 16.6. The molecule has 0 aliphatic rings. The Bertz CT molecular complexity index is 1580. The van der Waals surface area contributed by atoms with Crippen molar-refractivity contribution in [2.24, 2.45) is 0 Å². The summed E-state index contributed by atoms with van der Waals surface area (Å²) in [5.41, 5.74) is 4.55. The Labute approximate surface area is 252 Å². The van der Waals surface area contributed by atoms with Crippen LogP contribution in [0.4, 0.5) is 22.7 Å². The van der Waals surface area contributed by atoms with E-state index in [4.69, 9.17) is 9.47 Å². The van der Waals surface area contributed by atoms with Gasteiger partial charge < -0.3 is 20.1 Å². The Morgan fingerprint density at radius 1 is 0.614 bits per heavy atom. The first-order valence-corrected chi connectivity index (χ1v) is 13.6. The normalized spacial score (nSPS) is 12.0. The molecular formula is C32H30N4O8. The van der Waals surface area contributed by atoms with E-state index in [0.717, 1.165) is 22.3 Å². The minimum Gasteiger partial charge on any atom is -0.481 e. The van der Waals surface area contributed by atoms with Crippen LogP contribution in [0.1, 0.15) is 25.0 Å². The van der Waals surface area contributed by atoms with Crippen molar-refractivity contribution in [1.29, 1.82) is 0 Å². The summed E-state index contributed by atoms with van der Waals surface area (Å²) in [6.45, 7) is 6.92. The summed E-state index contributed by atoms with van der Waals surface area (Å²) in [5.74, 6) is -0.0672. The molecule has 4 aromatic carbocycles. The molecule has 0 aliphatic carbocycles. The summed E-state index contributed by atoms with van der Waals surface area (Å²) in [5, 5.41) is 27.4. The van der Waals surface area contributed by atoms with Gasteiger partial charge in [0.1, 0.15) is 11.5 Å². The molecule has 2 atom stereocenters. The number of amides is 2. The lowest BCUT2D eigenvalue weighted by Crippen LogP contribution is -2.30. The van der Waals surface area contributed by atoms with Crippen LogP contribution < -0.4 is 20.1 Å². The molecule has 0 aliphatic heterocycles. The molecule has 0 heterocycles. The van der Waals surface area contributed by atoms with Gasteiger partial charge in [0.15, 0.2) is 12.2 Å². The molecule has 0 saturated heterocycles. The molecule has 2 unspecified atom stereocenters. The second-order valence-corrected chi connectivity index (χ2v) is 10.1. The predicted octanol–water partition coefficient (Wildman–Crippen LogP) is 6.60. The summed E-state index contributed by atoms with van der Waals surface area (Å²) < 4.78 is 11.3. The topological polar surface area (TPSA) is 163 Å². The predicted molar refractivity (Wildman–Crippen MR) is 165 cm³/mol. The van der Waals surface area contributed by atoms with Gasteiger partial charge in [-0.2, -0.15) is 0 Å². The number of carbonyl (C=O) groups excluding carboxylic acids is 2. The number of ether oxygens (including phenoxy) is 2. The summed E-state index contributed by atoms with van der Waals surface area (Å²) >= 11 is 0. The number of carbonyl (C=O) groups is 2. The Morgan fingerprint density at radius 2 is 0.955 bits per heavy atom. The number of nitrogens with zero attached hydrogens (tertiary/aromatic N) is 2. The molecular weight excluding hydrogens is 568 g/mol. The zero-order chi connectivity index (χ0) is 32.0. The largest absolute Gasteiger partial charge is 0.481 e. The number of benzene rings is 4. The van der Waals surface area contributed by atoms with Gasteiger partial charge in [0.05, 0.1) is 9.85 Å². The fourth-order valence-electron chi connectivity index (χ4n) is 4.24. The number of hydrogen-bond donors (Lipinski definition) is 2. The van der Waals surface area contributed by atoms with Gasteiger partial charge in [0.25, 0.3) is 23.2 Å². The zero-order valence-electron chi connectivity index (χ0n) is 24.4. The molecule has 2 N–H and O–H groups in total. The number of anilines is 2. The maximum Gasteiger partial charge on any atom is 0.269 e. The second-order valence-electron chi connectivity index (χ2n) is 10.1. The Morgan fingerprint density at radius 3 is 1.25 bits per heavy atom. The van der Waals surface area contributed by atoms with Crippen molar-refractivity contribution in [3.63, 3.8) is 0 Å². The van der Waals surface area contributed by atoms with Crippen molar-refractivity contribution in [2.45, 2.75) is 39.9 Å². The number of rotatable bonds is 11. The van der Waals surface area contributed by atoms with Gasteiger partial charge in [-0.15, -0.1) is 0 Å². The van der Waals surface area contributed by atoms with E-state index in [9.17, 15) is 29.8 Å². The van der Waals surface area contributed by atoms with E-state index in [1.165, 1.54) is 48.5 Å². The van der Waals surface area contributed by atoms with Crippen LogP contribution in [0.5, 0.6) is 11.5 Å². The summed E-state index contributed by atoms with van der Waals surface area (Å²) in [6, 6.07) is 22.2. The maximum atomic E-state index is 12.7. The van der Waals surface area contributed by atoms with Crippen LogP contribution >= 0.6 is 0 Å². The number of hydrogen-bond acceptors (Lipinski definition) is 8. The van der Waals surface area contributed by atoms with Crippen molar-refractivity contribution in [2.75, 3.05) is 10.6 Å². The monoisotopic (exact) mass is 598 g/mol. The van der Waals surface area contributed by atoms with E-state index in [1.54, 1.807) is 26.0 Å². The number of aryl methyl sites for hydroxylation is 2. The van der Waals surface area contributed by atoms with Crippen LogP contribution in [0.25, 0.3) is 11.1 Å². The molecule has 12 heteroatoms. The third-order valence-corrected chi connectivity index (χ3v) is 6.76. The van der Waals surface area contributed by atoms with E-state index in [-0.39, 0.29) is 23.2 Å². The molecule has 0 saturated carbocycles. The molecule has 0 aromatic heterocycles. The van der Waals surface area contributed by atoms with Crippen molar-refractivity contribution >= 4 is 34.6 Å². The Balaban J connectivity index is 1.36. The second kappa shape index (κ2) is 13.5. The van der Waals surface area contributed by atoms with Gasteiger partial charge in [0.2, 0.25) is 0 Å².